The maximum absolute atomic E-state index is 12.6. The highest BCUT2D eigenvalue weighted by atomic mass is 16.6. The van der Waals surface area contributed by atoms with Crippen LogP contribution in [0.15, 0.2) is 24.3 Å². The largest absolute Gasteiger partial charge is 0.522 e. The number of nitro benzene ring substituents is 1. The van der Waals surface area contributed by atoms with Crippen molar-refractivity contribution in [1.29, 1.82) is 0 Å². The molecule has 0 unspecified atom stereocenters. The summed E-state index contributed by atoms with van der Waals surface area (Å²) in [6.45, 7) is 2.01. The SMILES string of the molecule is C[C@@H](C(=O)O)[C@@H]1C(=O)N[C@@H]1[C@@](C)(O)C(=O)C(=[N+]=[N-])OCc1ccc([N+](=O)[O-])cc1. The van der Waals surface area contributed by atoms with Crippen molar-refractivity contribution in [3.05, 3.63) is 45.5 Å². The van der Waals surface area contributed by atoms with Gasteiger partial charge in [0, 0.05) is 12.1 Å². The van der Waals surface area contributed by atoms with Crippen molar-refractivity contribution in [2.24, 2.45) is 11.8 Å². The van der Waals surface area contributed by atoms with Gasteiger partial charge in [-0.05, 0) is 24.6 Å². The molecule has 29 heavy (non-hydrogen) atoms. The van der Waals surface area contributed by atoms with Gasteiger partial charge in [0.1, 0.15) is 6.61 Å². The first-order valence-electron chi connectivity index (χ1n) is 8.39. The number of nitro groups is 1. The Morgan fingerprint density at radius 3 is 2.45 bits per heavy atom. The van der Waals surface area contributed by atoms with Gasteiger partial charge in [-0.1, -0.05) is 6.92 Å². The maximum atomic E-state index is 12.6. The van der Waals surface area contributed by atoms with Crippen molar-refractivity contribution in [3.63, 3.8) is 0 Å². The van der Waals surface area contributed by atoms with Gasteiger partial charge in [-0.2, -0.15) is 0 Å². The van der Waals surface area contributed by atoms with E-state index in [0.29, 0.717) is 5.56 Å². The molecule has 1 saturated heterocycles. The lowest BCUT2D eigenvalue weighted by Gasteiger charge is -2.45. The Balaban J connectivity index is 2.11. The Hall–Kier alpha value is -3.63. The fourth-order valence-electron chi connectivity index (χ4n) is 2.92. The van der Waals surface area contributed by atoms with Gasteiger partial charge in [-0.25, -0.2) is 0 Å². The molecule has 0 aliphatic carbocycles. The molecule has 4 atom stereocenters. The number of hydrogen-bond donors (Lipinski definition) is 3. The van der Waals surface area contributed by atoms with E-state index in [1.807, 2.05) is 0 Å². The van der Waals surface area contributed by atoms with E-state index < -0.39 is 52.0 Å². The molecule has 1 aliphatic rings. The monoisotopic (exact) mass is 406 g/mol. The molecule has 0 saturated carbocycles. The number of carbonyl (C=O) groups excluding carboxylic acids is 2. The Morgan fingerprint density at radius 1 is 1.41 bits per heavy atom. The van der Waals surface area contributed by atoms with Gasteiger partial charge in [0.25, 0.3) is 5.69 Å². The number of hydrogen-bond acceptors (Lipinski definition) is 7. The number of aliphatic carboxylic acids is 1. The van der Waals surface area contributed by atoms with Crippen LogP contribution in [-0.4, -0.2) is 55.1 Å². The number of carbonyl (C=O) groups is 3. The predicted molar refractivity (Wildman–Crippen MR) is 94.4 cm³/mol. The molecule has 0 bridgehead atoms. The van der Waals surface area contributed by atoms with Crippen LogP contribution in [0.5, 0.6) is 0 Å². The van der Waals surface area contributed by atoms with Crippen LogP contribution < -0.4 is 5.32 Å². The number of ketones is 1. The fraction of sp³-hybridized carbons (Fsp3) is 0.412. The molecule has 0 radical (unpaired) electrons. The predicted octanol–water partition coefficient (Wildman–Crippen LogP) is -0.105. The van der Waals surface area contributed by atoms with Crippen LogP contribution in [0.4, 0.5) is 5.69 Å². The number of aliphatic hydroxyl groups is 1. The van der Waals surface area contributed by atoms with E-state index >= 15 is 0 Å². The lowest BCUT2D eigenvalue weighted by atomic mass is 9.71. The first-order chi connectivity index (χ1) is 13.5. The molecule has 1 aromatic rings. The summed E-state index contributed by atoms with van der Waals surface area (Å²) < 4.78 is 5.11. The van der Waals surface area contributed by atoms with Crippen LogP contribution in [0.1, 0.15) is 19.4 Å². The smallest absolute Gasteiger partial charge is 0.481 e. The van der Waals surface area contributed by atoms with Gasteiger partial charge < -0.3 is 25.8 Å². The quantitative estimate of drug-likeness (QED) is 0.101. The molecule has 12 nitrogen and oxygen atoms in total. The molecule has 2 rings (SSSR count). The molecule has 12 heteroatoms. The molecule has 1 amide bonds. The second-order valence-corrected chi connectivity index (χ2v) is 6.73. The van der Waals surface area contributed by atoms with Gasteiger partial charge in [0.05, 0.1) is 22.8 Å². The van der Waals surface area contributed by atoms with E-state index in [0.717, 1.165) is 6.92 Å². The second-order valence-electron chi connectivity index (χ2n) is 6.73. The van der Waals surface area contributed by atoms with Gasteiger partial charge in [0.15, 0.2) is 5.60 Å². The number of nitrogens with one attached hydrogen (secondary N) is 1. The molecule has 1 fully saturated rings. The molecule has 0 aromatic heterocycles. The topological polar surface area (TPSA) is 192 Å². The van der Waals surface area contributed by atoms with Crippen molar-refractivity contribution in [2.75, 3.05) is 0 Å². The normalized spacial score (nSPS) is 20.9. The summed E-state index contributed by atoms with van der Waals surface area (Å²) in [6.07, 6.45) is 0. The maximum Gasteiger partial charge on any atom is 0.522 e. The summed E-state index contributed by atoms with van der Waals surface area (Å²) in [6, 6.07) is 3.94. The van der Waals surface area contributed by atoms with Crippen molar-refractivity contribution in [3.8, 4) is 0 Å². The zero-order chi connectivity index (χ0) is 21.9. The van der Waals surface area contributed by atoms with Crippen LogP contribution in [0, 0.1) is 22.0 Å². The summed E-state index contributed by atoms with van der Waals surface area (Å²) in [5, 5.41) is 32.6. The van der Waals surface area contributed by atoms with E-state index in [1.165, 1.54) is 31.2 Å². The number of carboxylic acids is 1. The third-order valence-corrected chi connectivity index (χ3v) is 4.76. The molecule has 3 N–H and O–H groups in total. The first kappa shape index (κ1) is 21.7. The summed E-state index contributed by atoms with van der Waals surface area (Å²) in [5.74, 6) is -6.27. The molecule has 154 valence electrons. The second kappa shape index (κ2) is 8.17. The van der Waals surface area contributed by atoms with Crippen molar-refractivity contribution >= 4 is 29.2 Å². The third-order valence-electron chi connectivity index (χ3n) is 4.76. The van der Waals surface area contributed by atoms with Crippen LogP contribution in [0.3, 0.4) is 0 Å². The number of ether oxygens (including phenoxy) is 1. The highest BCUT2D eigenvalue weighted by Gasteiger charge is 2.59. The Kier molecular flexibility index (Phi) is 6.10. The number of rotatable bonds is 8. The lowest BCUT2D eigenvalue weighted by Crippen LogP contribution is -2.72. The minimum absolute atomic E-state index is 0.150. The average molecular weight is 406 g/mol. The van der Waals surface area contributed by atoms with Crippen LogP contribution in [0.25, 0.3) is 5.53 Å². The van der Waals surface area contributed by atoms with E-state index in [2.05, 4.69) is 10.1 Å². The molecule has 1 heterocycles. The van der Waals surface area contributed by atoms with E-state index in [1.54, 1.807) is 0 Å². The average Bonchev–Trinajstić information content (AvgIpc) is 2.66. The highest BCUT2D eigenvalue weighted by Crippen LogP contribution is 2.32. The summed E-state index contributed by atoms with van der Waals surface area (Å²) in [5.41, 5.74) is 7.06. The number of carboxylic acid groups (broad SMARTS) is 1. The molecule has 1 aliphatic heterocycles. The highest BCUT2D eigenvalue weighted by molar-refractivity contribution is 6.37. The van der Waals surface area contributed by atoms with Gasteiger partial charge in [-0.3, -0.25) is 24.5 Å². The van der Waals surface area contributed by atoms with Crippen LogP contribution in [0.2, 0.25) is 0 Å². The standard InChI is InChI=1S/C17H18N4O8/c1-8(16(24)25)11-12(19-14(11)23)17(2,26)13(22)15(20-18)29-7-9-3-5-10(6-4-9)21(27)28/h3-6,8,11-12,26H,7H2,1-2H3,(H,19,23)(H,24,25)/t8-,11+,12+,17-/m1/s1. The van der Waals surface area contributed by atoms with E-state index in [-0.39, 0.29) is 12.3 Å². The number of nitrogens with zero attached hydrogens (tertiary/aromatic N) is 3. The van der Waals surface area contributed by atoms with Crippen LogP contribution in [-0.2, 0) is 25.7 Å². The van der Waals surface area contributed by atoms with Gasteiger partial charge in [-0.15, -0.1) is 4.79 Å². The Morgan fingerprint density at radius 2 is 2.00 bits per heavy atom. The van der Waals surface area contributed by atoms with Crippen molar-refractivity contribution in [2.45, 2.75) is 32.1 Å². The van der Waals surface area contributed by atoms with Crippen molar-refractivity contribution < 1.29 is 39.0 Å². The molecule has 0 spiro atoms. The Bertz CT molecular complexity index is 905. The minimum Gasteiger partial charge on any atom is -0.481 e. The van der Waals surface area contributed by atoms with Crippen molar-refractivity contribution in [1.82, 2.24) is 5.32 Å². The summed E-state index contributed by atoms with van der Waals surface area (Å²) in [4.78, 5) is 48.3. The first-order valence-corrected chi connectivity index (χ1v) is 8.39. The number of Topliss-reactive ketones (excluding diaryl/α,β-unsaturated/α-hetero) is 1. The van der Waals surface area contributed by atoms with Gasteiger partial charge in [0.2, 0.25) is 5.91 Å². The zero-order valence-corrected chi connectivity index (χ0v) is 15.4. The Labute approximate surface area is 163 Å². The van der Waals surface area contributed by atoms with E-state index in [4.69, 9.17) is 15.4 Å². The van der Waals surface area contributed by atoms with E-state index in [9.17, 15) is 29.6 Å². The number of amides is 1. The van der Waals surface area contributed by atoms with Crippen LogP contribution >= 0.6 is 0 Å². The fourth-order valence-corrected chi connectivity index (χ4v) is 2.92. The minimum atomic E-state index is -2.31. The summed E-state index contributed by atoms with van der Waals surface area (Å²) >= 11 is 0. The zero-order valence-electron chi connectivity index (χ0n) is 15.4. The molecule has 1 aromatic carbocycles. The number of β-lactam (4-membered cyclic amide) rings is 1. The number of benzene rings is 1. The van der Waals surface area contributed by atoms with Gasteiger partial charge >= 0.3 is 17.7 Å². The third kappa shape index (κ3) is 4.28. The summed E-state index contributed by atoms with van der Waals surface area (Å²) in [7, 11) is 0. The molecular formula is C17H18N4O8. The molecular weight excluding hydrogens is 388 g/mol. The number of non-ortho nitro benzene ring substituents is 1. The lowest BCUT2D eigenvalue weighted by molar-refractivity contribution is -0.384.